The molecule has 6 heteroatoms. The molecule has 2 saturated heterocycles. The molecule has 0 N–H and O–H groups in total. The number of nitrogens with zero attached hydrogens (tertiary/aromatic N) is 4. The molecule has 138 valence electrons. The Hall–Kier alpha value is -2.37. The number of benzene rings is 1. The van der Waals surface area contributed by atoms with E-state index in [9.17, 15) is 9.18 Å². The molecule has 4 rings (SSSR count). The van der Waals surface area contributed by atoms with Crippen LogP contribution in [0.4, 0.5) is 10.1 Å². The monoisotopic (exact) mass is 356 g/mol. The van der Waals surface area contributed by atoms with Gasteiger partial charge in [0, 0.05) is 42.8 Å². The number of hydrogen-bond acceptors (Lipinski definition) is 3. The fraction of sp³-hybridized carbons (Fsp3) is 0.500. The van der Waals surface area contributed by atoms with E-state index >= 15 is 0 Å². The van der Waals surface area contributed by atoms with Crippen LogP contribution >= 0.6 is 0 Å². The Bertz CT molecular complexity index is 772. The maximum atomic E-state index is 13.3. The summed E-state index contributed by atoms with van der Waals surface area (Å²) in [5, 5.41) is 4.13. The van der Waals surface area contributed by atoms with Crippen molar-refractivity contribution in [3.05, 3.63) is 48.5 Å². The van der Waals surface area contributed by atoms with Crippen molar-refractivity contribution in [2.24, 2.45) is 5.92 Å². The molecule has 1 amide bonds. The van der Waals surface area contributed by atoms with Crippen molar-refractivity contribution in [3.63, 3.8) is 0 Å². The van der Waals surface area contributed by atoms with Gasteiger partial charge in [-0.15, -0.1) is 0 Å². The molecule has 2 aliphatic heterocycles. The predicted molar refractivity (Wildman–Crippen MR) is 98.3 cm³/mol. The zero-order valence-electron chi connectivity index (χ0n) is 15.3. The summed E-state index contributed by atoms with van der Waals surface area (Å²) >= 11 is 0. The molecule has 5 nitrogen and oxygen atoms in total. The van der Waals surface area contributed by atoms with Crippen molar-refractivity contribution in [3.8, 4) is 0 Å². The Labute approximate surface area is 153 Å². The molecule has 0 saturated carbocycles. The molecular formula is C20H25FN4O. The first kappa shape index (κ1) is 17.1. The van der Waals surface area contributed by atoms with Gasteiger partial charge in [0.05, 0.1) is 0 Å². The van der Waals surface area contributed by atoms with E-state index in [-0.39, 0.29) is 17.3 Å². The topological polar surface area (TPSA) is 41.4 Å². The lowest BCUT2D eigenvalue weighted by Crippen LogP contribution is -2.50. The molecule has 0 aliphatic carbocycles. The Morgan fingerprint density at radius 3 is 2.77 bits per heavy atom. The number of hydrogen-bond donors (Lipinski definition) is 0. The smallest absolute Gasteiger partial charge is 0.244 e. The van der Waals surface area contributed by atoms with Crippen LogP contribution in [0.25, 0.3) is 0 Å². The number of carbonyl (C=O) groups excluding carboxylic acids is 1. The van der Waals surface area contributed by atoms with Crippen LogP contribution in [0.1, 0.15) is 26.7 Å². The van der Waals surface area contributed by atoms with Gasteiger partial charge >= 0.3 is 0 Å². The average Bonchev–Trinajstić information content (AvgIpc) is 3.19. The molecule has 0 unspecified atom stereocenters. The molecule has 2 atom stereocenters. The van der Waals surface area contributed by atoms with Gasteiger partial charge in [-0.05, 0) is 62.9 Å². The summed E-state index contributed by atoms with van der Waals surface area (Å²) < 4.78 is 15.0. The first-order valence-electron chi connectivity index (χ1n) is 9.24. The third-order valence-electron chi connectivity index (χ3n) is 5.75. The summed E-state index contributed by atoms with van der Waals surface area (Å²) in [7, 11) is 0. The number of piperidine rings is 1. The highest BCUT2D eigenvalue weighted by Gasteiger charge is 2.48. The Balaban J connectivity index is 1.49. The molecule has 26 heavy (non-hydrogen) atoms. The molecule has 0 radical (unpaired) electrons. The summed E-state index contributed by atoms with van der Waals surface area (Å²) in [6.07, 6.45) is 5.48. The largest absolute Gasteiger partial charge is 0.363 e. The number of rotatable bonds is 3. The van der Waals surface area contributed by atoms with E-state index in [1.54, 1.807) is 10.9 Å². The van der Waals surface area contributed by atoms with Crippen molar-refractivity contribution < 1.29 is 9.18 Å². The van der Waals surface area contributed by atoms with Gasteiger partial charge in [-0.3, -0.25) is 9.48 Å². The fourth-order valence-corrected chi connectivity index (χ4v) is 4.75. The molecule has 2 aromatic rings. The van der Waals surface area contributed by atoms with Crippen molar-refractivity contribution in [1.82, 2.24) is 14.7 Å². The van der Waals surface area contributed by atoms with Crippen LogP contribution in [0.15, 0.2) is 42.7 Å². The highest BCUT2D eigenvalue weighted by molar-refractivity contribution is 5.76. The third kappa shape index (κ3) is 3.08. The maximum absolute atomic E-state index is 13.3. The predicted octanol–water partition coefficient (Wildman–Crippen LogP) is 2.93. The van der Waals surface area contributed by atoms with E-state index in [0.29, 0.717) is 18.5 Å². The average molecular weight is 356 g/mol. The summed E-state index contributed by atoms with van der Waals surface area (Å²) in [4.78, 5) is 17.0. The van der Waals surface area contributed by atoms with Crippen LogP contribution in [0.2, 0.25) is 0 Å². The minimum Gasteiger partial charge on any atom is -0.363 e. The molecule has 1 aromatic heterocycles. The second-order valence-corrected chi connectivity index (χ2v) is 8.02. The quantitative estimate of drug-likeness (QED) is 0.849. The zero-order valence-corrected chi connectivity index (χ0v) is 15.3. The third-order valence-corrected chi connectivity index (χ3v) is 5.75. The maximum Gasteiger partial charge on any atom is 0.244 e. The SMILES string of the molecule is CC1(C)C[C@@H]2CN(C(=O)Cn3cccn3)CC[C@@H]2N1c1ccc(F)cc1. The van der Waals surface area contributed by atoms with Gasteiger partial charge in [-0.25, -0.2) is 4.39 Å². The Morgan fingerprint density at radius 1 is 1.31 bits per heavy atom. The first-order chi connectivity index (χ1) is 12.4. The Morgan fingerprint density at radius 2 is 2.08 bits per heavy atom. The van der Waals surface area contributed by atoms with E-state index in [4.69, 9.17) is 0 Å². The van der Waals surface area contributed by atoms with Crippen LogP contribution in [-0.2, 0) is 11.3 Å². The second kappa shape index (κ2) is 6.41. The van der Waals surface area contributed by atoms with Gasteiger partial charge in [-0.1, -0.05) is 0 Å². The number of halogens is 1. The van der Waals surface area contributed by atoms with E-state index in [0.717, 1.165) is 31.6 Å². The van der Waals surface area contributed by atoms with Gasteiger partial charge in [0.1, 0.15) is 12.4 Å². The summed E-state index contributed by atoms with van der Waals surface area (Å²) in [6, 6.07) is 9.02. The highest BCUT2D eigenvalue weighted by Crippen LogP contribution is 2.44. The molecule has 2 fully saturated rings. The van der Waals surface area contributed by atoms with E-state index in [1.807, 2.05) is 29.3 Å². The van der Waals surface area contributed by atoms with Gasteiger partial charge < -0.3 is 9.80 Å². The molecular weight excluding hydrogens is 331 g/mol. The van der Waals surface area contributed by atoms with Crippen LogP contribution in [0.5, 0.6) is 0 Å². The summed E-state index contributed by atoms with van der Waals surface area (Å²) in [6.45, 7) is 6.32. The van der Waals surface area contributed by atoms with Crippen molar-refractivity contribution in [1.29, 1.82) is 0 Å². The van der Waals surface area contributed by atoms with Crippen LogP contribution in [0.3, 0.4) is 0 Å². The zero-order chi connectivity index (χ0) is 18.3. The fourth-order valence-electron chi connectivity index (χ4n) is 4.75. The molecule has 0 bridgehead atoms. The standard InChI is InChI=1S/C20H25FN4O/c1-20(2)12-15-13-23(19(26)14-24-10-3-9-22-24)11-8-18(15)25(20)17-6-4-16(21)5-7-17/h3-7,9-10,15,18H,8,11-14H2,1-2H3/t15-,18+/m1/s1. The lowest BCUT2D eigenvalue weighted by Gasteiger charge is -2.41. The minimum absolute atomic E-state index is 0.00575. The lowest BCUT2D eigenvalue weighted by molar-refractivity contribution is -0.133. The van der Waals surface area contributed by atoms with Crippen molar-refractivity contribution in [2.45, 2.75) is 44.8 Å². The summed E-state index contributed by atoms with van der Waals surface area (Å²) in [5.74, 6) is 0.358. The first-order valence-corrected chi connectivity index (χ1v) is 9.24. The lowest BCUT2D eigenvalue weighted by atomic mass is 9.90. The van der Waals surface area contributed by atoms with Crippen LogP contribution in [-0.4, -0.2) is 45.3 Å². The normalized spacial score (nSPS) is 24.6. The van der Waals surface area contributed by atoms with Gasteiger partial charge in [0.15, 0.2) is 0 Å². The summed E-state index contributed by atoms with van der Waals surface area (Å²) in [5.41, 5.74) is 1.06. The number of fused-ring (bicyclic) bond motifs is 1. The van der Waals surface area contributed by atoms with Crippen LogP contribution < -0.4 is 4.90 Å². The van der Waals surface area contributed by atoms with Gasteiger partial charge in [0.2, 0.25) is 5.91 Å². The van der Waals surface area contributed by atoms with E-state index in [1.165, 1.54) is 12.1 Å². The minimum atomic E-state index is -0.207. The van der Waals surface area contributed by atoms with Crippen molar-refractivity contribution in [2.75, 3.05) is 18.0 Å². The Kier molecular flexibility index (Phi) is 4.21. The van der Waals surface area contributed by atoms with E-state index in [2.05, 4.69) is 23.8 Å². The van der Waals surface area contributed by atoms with Crippen molar-refractivity contribution >= 4 is 11.6 Å². The molecule has 2 aliphatic rings. The molecule has 1 aromatic carbocycles. The number of aromatic nitrogens is 2. The second-order valence-electron chi connectivity index (χ2n) is 8.02. The van der Waals surface area contributed by atoms with E-state index < -0.39 is 0 Å². The number of anilines is 1. The van der Waals surface area contributed by atoms with Gasteiger partial charge in [-0.2, -0.15) is 5.10 Å². The number of likely N-dealkylation sites (tertiary alicyclic amines) is 1. The molecule has 0 spiro atoms. The number of amides is 1. The highest BCUT2D eigenvalue weighted by atomic mass is 19.1. The van der Waals surface area contributed by atoms with Crippen LogP contribution in [0, 0.1) is 11.7 Å². The molecule has 3 heterocycles. The number of carbonyl (C=O) groups is 1. The van der Waals surface area contributed by atoms with Gasteiger partial charge in [0.25, 0.3) is 0 Å².